The van der Waals surface area contributed by atoms with E-state index >= 15 is 0 Å². The van der Waals surface area contributed by atoms with Crippen molar-refractivity contribution in [3.63, 3.8) is 0 Å². The molecule has 0 aromatic heterocycles. The Morgan fingerprint density at radius 1 is 1.09 bits per heavy atom. The summed E-state index contributed by atoms with van der Waals surface area (Å²) < 4.78 is 4.37. The van der Waals surface area contributed by atoms with Crippen molar-refractivity contribution in [2.75, 3.05) is 26.4 Å². The zero-order valence-electron chi connectivity index (χ0n) is 12.5. The Kier molecular flexibility index (Phi) is 8.82. The van der Waals surface area contributed by atoms with Gasteiger partial charge in [-0.05, 0) is 31.6 Å². The van der Waals surface area contributed by atoms with Gasteiger partial charge in [0.15, 0.2) is 6.61 Å². The molecule has 0 aromatic carbocycles. The number of hydrogen-bond acceptors (Lipinski definition) is 6. The Hall–Kier alpha value is -1.96. The van der Waals surface area contributed by atoms with Gasteiger partial charge in [-0.1, -0.05) is 0 Å². The zero-order chi connectivity index (χ0) is 16.2. The van der Waals surface area contributed by atoms with Crippen LogP contribution in [0.3, 0.4) is 0 Å². The smallest absolute Gasteiger partial charge is 0.293 e. The van der Waals surface area contributed by atoms with Crippen LogP contribution in [0.2, 0.25) is 0 Å². The third-order valence-electron chi connectivity index (χ3n) is 3.70. The molecule has 1 fully saturated rings. The summed E-state index contributed by atoms with van der Waals surface area (Å²) in [5.74, 6) is 0.0225. The second kappa shape index (κ2) is 10.7. The maximum Gasteiger partial charge on any atom is 0.293 e. The first-order valence-electron chi connectivity index (χ1n) is 7.41. The van der Waals surface area contributed by atoms with Gasteiger partial charge in [-0.3, -0.25) is 19.7 Å². The van der Waals surface area contributed by atoms with Gasteiger partial charge in [0, 0.05) is 12.5 Å². The molecular formula is C14H23N3O5. The monoisotopic (exact) mass is 313 g/mol. The summed E-state index contributed by atoms with van der Waals surface area (Å²) in [5.41, 5.74) is 0. The molecule has 3 N–H and O–H groups in total. The minimum Gasteiger partial charge on any atom is -0.458 e. The van der Waals surface area contributed by atoms with Gasteiger partial charge in [0.05, 0.1) is 13.2 Å². The van der Waals surface area contributed by atoms with Crippen LogP contribution in [-0.4, -0.2) is 50.9 Å². The van der Waals surface area contributed by atoms with Crippen molar-refractivity contribution in [1.29, 1.82) is 0 Å². The first kappa shape index (κ1) is 18.1. The van der Waals surface area contributed by atoms with Gasteiger partial charge in [-0.2, -0.15) is 0 Å². The molecule has 0 unspecified atom stereocenters. The SMILES string of the molecule is O=CCNCNC(=O)C1CCC(CNC(=O)COC=O)CC1. The number of carbonyl (C=O) groups excluding carboxylic acids is 4. The van der Waals surface area contributed by atoms with Crippen LogP contribution in [-0.2, 0) is 23.9 Å². The highest BCUT2D eigenvalue weighted by atomic mass is 16.5. The molecule has 0 aliphatic heterocycles. The van der Waals surface area contributed by atoms with Crippen LogP contribution >= 0.6 is 0 Å². The minimum absolute atomic E-state index is 0.000248. The first-order chi connectivity index (χ1) is 10.7. The Balaban J connectivity index is 2.14. The summed E-state index contributed by atoms with van der Waals surface area (Å²) in [7, 11) is 0. The van der Waals surface area contributed by atoms with Gasteiger partial charge in [-0.25, -0.2) is 0 Å². The highest BCUT2D eigenvalue weighted by molar-refractivity contribution is 5.79. The molecule has 0 radical (unpaired) electrons. The van der Waals surface area contributed by atoms with Crippen molar-refractivity contribution in [3.05, 3.63) is 0 Å². The van der Waals surface area contributed by atoms with Crippen molar-refractivity contribution in [2.45, 2.75) is 25.7 Å². The number of hydrogen-bond donors (Lipinski definition) is 3. The van der Waals surface area contributed by atoms with Crippen LogP contribution in [0.1, 0.15) is 25.7 Å². The summed E-state index contributed by atoms with van der Waals surface area (Å²) in [5, 5.41) is 8.24. The third-order valence-corrected chi connectivity index (χ3v) is 3.70. The van der Waals surface area contributed by atoms with E-state index in [1.54, 1.807) is 0 Å². The molecule has 8 heteroatoms. The van der Waals surface area contributed by atoms with Gasteiger partial charge in [-0.15, -0.1) is 0 Å². The maximum absolute atomic E-state index is 11.9. The lowest BCUT2D eigenvalue weighted by atomic mass is 9.81. The molecule has 124 valence electrons. The summed E-state index contributed by atoms with van der Waals surface area (Å²) in [4.78, 5) is 43.3. The molecular weight excluding hydrogens is 290 g/mol. The second-order valence-electron chi connectivity index (χ2n) is 5.27. The largest absolute Gasteiger partial charge is 0.458 e. The number of carbonyl (C=O) groups is 4. The Morgan fingerprint density at radius 2 is 1.82 bits per heavy atom. The van der Waals surface area contributed by atoms with Crippen LogP contribution in [0.4, 0.5) is 0 Å². The number of aldehydes is 1. The van der Waals surface area contributed by atoms with E-state index in [2.05, 4.69) is 20.7 Å². The number of amides is 2. The van der Waals surface area contributed by atoms with Crippen molar-refractivity contribution in [2.24, 2.45) is 11.8 Å². The molecule has 1 saturated carbocycles. The molecule has 0 bridgehead atoms. The number of ether oxygens (including phenoxy) is 1. The highest BCUT2D eigenvalue weighted by Crippen LogP contribution is 2.28. The third kappa shape index (κ3) is 7.16. The van der Waals surface area contributed by atoms with E-state index in [-0.39, 0.29) is 37.4 Å². The van der Waals surface area contributed by atoms with Crippen LogP contribution in [0.5, 0.6) is 0 Å². The molecule has 2 amide bonds. The molecule has 0 heterocycles. The summed E-state index contributed by atoms with van der Waals surface area (Å²) in [6, 6.07) is 0. The molecule has 0 atom stereocenters. The molecule has 0 spiro atoms. The maximum atomic E-state index is 11.9. The van der Waals surface area contributed by atoms with Crippen LogP contribution in [0, 0.1) is 11.8 Å². The lowest BCUT2D eigenvalue weighted by Gasteiger charge is -2.27. The average molecular weight is 313 g/mol. The molecule has 22 heavy (non-hydrogen) atoms. The molecule has 8 nitrogen and oxygen atoms in total. The van der Waals surface area contributed by atoms with Crippen LogP contribution < -0.4 is 16.0 Å². The topological polar surface area (TPSA) is 114 Å². The van der Waals surface area contributed by atoms with Gasteiger partial charge < -0.3 is 20.2 Å². The predicted molar refractivity (Wildman–Crippen MR) is 77.6 cm³/mol. The van der Waals surface area contributed by atoms with E-state index < -0.39 is 0 Å². The van der Waals surface area contributed by atoms with E-state index in [0.717, 1.165) is 32.0 Å². The van der Waals surface area contributed by atoms with Gasteiger partial charge in [0.1, 0.15) is 6.29 Å². The Labute approximate surface area is 129 Å². The van der Waals surface area contributed by atoms with E-state index in [0.29, 0.717) is 19.1 Å². The molecule has 0 aromatic rings. The van der Waals surface area contributed by atoms with Crippen molar-refractivity contribution < 1.29 is 23.9 Å². The predicted octanol–water partition coefficient (Wildman–Crippen LogP) is -1.06. The minimum atomic E-state index is -0.312. The lowest BCUT2D eigenvalue weighted by Crippen LogP contribution is -2.40. The molecule has 1 aliphatic carbocycles. The molecule has 0 saturated heterocycles. The average Bonchev–Trinajstić information content (AvgIpc) is 2.55. The summed E-state index contributed by atoms with van der Waals surface area (Å²) in [6.07, 6.45) is 4.05. The molecule has 1 aliphatic rings. The van der Waals surface area contributed by atoms with E-state index in [4.69, 9.17) is 0 Å². The van der Waals surface area contributed by atoms with E-state index in [9.17, 15) is 19.2 Å². The summed E-state index contributed by atoms with van der Waals surface area (Å²) in [6.45, 7) is 1.05. The van der Waals surface area contributed by atoms with Crippen molar-refractivity contribution in [3.8, 4) is 0 Å². The fourth-order valence-electron chi connectivity index (χ4n) is 2.47. The van der Waals surface area contributed by atoms with Crippen molar-refractivity contribution >= 4 is 24.6 Å². The first-order valence-corrected chi connectivity index (χ1v) is 7.41. The lowest BCUT2D eigenvalue weighted by molar-refractivity contribution is -0.137. The van der Waals surface area contributed by atoms with Crippen LogP contribution in [0.25, 0.3) is 0 Å². The molecule has 1 rings (SSSR count). The standard InChI is InChI=1S/C14H23N3O5/c18-6-5-15-9-17-14(21)12-3-1-11(2-4-12)7-16-13(20)8-22-10-19/h6,10-12,15H,1-5,7-9H2,(H,16,20)(H,17,21). The zero-order valence-corrected chi connectivity index (χ0v) is 12.5. The normalized spacial score (nSPS) is 20.7. The Morgan fingerprint density at radius 3 is 2.45 bits per heavy atom. The van der Waals surface area contributed by atoms with Gasteiger partial charge >= 0.3 is 0 Å². The van der Waals surface area contributed by atoms with E-state index in [1.807, 2.05) is 0 Å². The quantitative estimate of drug-likeness (QED) is 0.269. The van der Waals surface area contributed by atoms with E-state index in [1.165, 1.54) is 0 Å². The Bertz CT molecular complexity index is 381. The van der Waals surface area contributed by atoms with Gasteiger partial charge in [0.2, 0.25) is 5.91 Å². The van der Waals surface area contributed by atoms with Gasteiger partial charge in [0.25, 0.3) is 12.4 Å². The number of rotatable bonds is 10. The van der Waals surface area contributed by atoms with Crippen molar-refractivity contribution in [1.82, 2.24) is 16.0 Å². The second-order valence-corrected chi connectivity index (χ2v) is 5.27. The fraction of sp³-hybridized carbons (Fsp3) is 0.714. The fourth-order valence-corrected chi connectivity index (χ4v) is 2.47. The number of nitrogens with one attached hydrogen (secondary N) is 3. The summed E-state index contributed by atoms with van der Waals surface area (Å²) >= 11 is 0. The highest BCUT2D eigenvalue weighted by Gasteiger charge is 2.26. The van der Waals surface area contributed by atoms with Crippen LogP contribution in [0.15, 0.2) is 0 Å².